The van der Waals surface area contributed by atoms with Crippen LogP contribution in [0.3, 0.4) is 0 Å². The van der Waals surface area contributed by atoms with E-state index >= 15 is 0 Å². The number of anilines is 1. The molecule has 3 rings (SSSR count). The molecule has 0 aliphatic heterocycles. The molecule has 7 nitrogen and oxygen atoms in total. The quantitative estimate of drug-likeness (QED) is 0.727. The van der Waals surface area contributed by atoms with Gasteiger partial charge in [-0.3, -0.25) is 9.59 Å². The van der Waals surface area contributed by atoms with Crippen molar-refractivity contribution in [3.63, 3.8) is 0 Å². The lowest BCUT2D eigenvalue weighted by Gasteiger charge is -2.08. The first-order valence-corrected chi connectivity index (χ1v) is 7.81. The number of furan rings is 1. The number of ether oxygens (including phenoxy) is 1. The number of rotatable bonds is 5. The monoisotopic (exact) mass is 359 g/mol. The van der Waals surface area contributed by atoms with Gasteiger partial charge < -0.3 is 20.2 Å². The molecule has 3 N–H and O–H groups in total. The molecule has 3 aromatic rings. The van der Waals surface area contributed by atoms with Gasteiger partial charge in [-0.1, -0.05) is 23.7 Å². The molecule has 2 aromatic heterocycles. The van der Waals surface area contributed by atoms with Crippen molar-refractivity contribution in [2.24, 2.45) is 5.73 Å². The molecule has 0 aliphatic rings. The number of fused-ring (bicyclic) bond motifs is 1. The molecule has 8 heteroatoms. The molecule has 0 atom stereocenters. The van der Waals surface area contributed by atoms with Gasteiger partial charge in [-0.25, -0.2) is 4.98 Å². The average Bonchev–Trinajstić information content (AvgIpc) is 2.96. The lowest BCUT2D eigenvalue weighted by Crippen LogP contribution is -2.18. The summed E-state index contributed by atoms with van der Waals surface area (Å²) < 4.78 is 10.7. The first-order valence-electron chi connectivity index (χ1n) is 7.43. The summed E-state index contributed by atoms with van der Waals surface area (Å²) >= 11 is 6.06. The number of aromatic nitrogens is 1. The maximum Gasteiger partial charge on any atom is 0.286 e. The highest BCUT2D eigenvalue weighted by Crippen LogP contribution is 2.31. The molecule has 0 spiro atoms. The molecule has 2 heterocycles. The van der Waals surface area contributed by atoms with Gasteiger partial charge in [-0.05, 0) is 25.1 Å². The summed E-state index contributed by atoms with van der Waals surface area (Å²) in [6.07, 6.45) is 0. The van der Waals surface area contributed by atoms with Gasteiger partial charge in [0, 0.05) is 11.5 Å². The average molecular weight is 360 g/mol. The van der Waals surface area contributed by atoms with E-state index in [0.717, 1.165) is 0 Å². The number of hydrogen-bond acceptors (Lipinski definition) is 5. The van der Waals surface area contributed by atoms with Crippen LogP contribution >= 0.6 is 11.6 Å². The minimum absolute atomic E-state index is 0.0340. The molecular weight excluding hydrogens is 346 g/mol. The Morgan fingerprint density at radius 2 is 2.04 bits per heavy atom. The number of nitrogens with zero attached hydrogens (tertiary/aromatic N) is 1. The van der Waals surface area contributed by atoms with Crippen molar-refractivity contribution in [2.45, 2.75) is 6.92 Å². The first-order chi connectivity index (χ1) is 12.0. The number of nitrogens with two attached hydrogens (primary N) is 1. The van der Waals surface area contributed by atoms with Crippen molar-refractivity contribution in [1.29, 1.82) is 0 Å². The highest BCUT2D eigenvalue weighted by Gasteiger charge is 2.22. The van der Waals surface area contributed by atoms with E-state index in [9.17, 15) is 9.59 Å². The molecule has 1 aromatic carbocycles. The van der Waals surface area contributed by atoms with Crippen molar-refractivity contribution in [1.82, 2.24) is 4.98 Å². The zero-order valence-corrected chi connectivity index (χ0v) is 14.0. The molecule has 2 amide bonds. The minimum Gasteiger partial charge on any atom is -0.478 e. The van der Waals surface area contributed by atoms with Crippen LogP contribution < -0.4 is 15.8 Å². The highest BCUT2D eigenvalue weighted by molar-refractivity contribution is 6.34. The summed E-state index contributed by atoms with van der Waals surface area (Å²) in [5.41, 5.74) is 5.91. The fourth-order valence-corrected chi connectivity index (χ4v) is 2.52. The van der Waals surface area contributed by atoms with E-state index in [4.69, 9.17) is 26.5 Å². The normalized spacial score (nSPS) is 10.6. The van der Waals surface area contributed by atoms with Gasteiger partial charge in [0.1, 0.15) is 11.3 Å². The van der Waals surface area contributed by atoms with Gasteiger partial charge in [0.25, 0.3) is 11.8 Å². The standard InChI is InChI=1S/C17H14ClN3O4/c1-2-24-12-8-7-10(18)14(20-12)17(23)21-13-9-5-3-4-6-11(9)25-15(13)16(19)22/h3-8H,2H2,1H3,(H2,19,22)(H,21,23). The summed E-state index contributed by atoms with van der Waals surface area (Å²) in [4.78, 5) is 28.3. The zero-order valence-electron chi connectivity index (χ0n) is 13.2. The summed E-state index contributed by atoms with van der Waals surface area (Å²) in [7, 11) is 0. The maximum atomic E-state index is 12.6. The topological polar surface area (TPSA) is 107 Å². The van der Waals surface area contributed by atoms with E-state index in [-0.39, 0.29) is 28.0 Å². The molecule has 0 unspecified atom stereocenters. The lowest BCUT2D eigenvalue weighted by molar-refractivity contribution is 0.0977. The van der Waals surface area contributed by atoms with Gasteiger partial charge in [-0.15, -0.1) is 0 Å². The Kier molecular flexibility index (Phi) is 4.58. The van der Waals surface area contributed by atoms with Crippen LogP contribution in [-0.4, -0.2) is 23.4 Å². The van der Waals surface area contributed by atoms with E-state index in [1.807, 2.05) is 0 Å². The van der Waals surface area contributed by atoms with E-state index in [1.165, 1.54) is 6.07 Å². The number of pyridine rings is 1. The van der Waals surface area contributed by atoms with Crippen LogP contribution in [0.2, 0.25) is 5.02 Å². The van der Waals surface area contributed by atoms with E-state index in [2.05, 4.69) is 10.3 Å². The second-order valence-electron chi connectivity index (χ2n) is 5.03. The molecular formula is C17H14ClN3O4. The predicted octanol–water partition coefficient (Wildman–Crippen LogP) is 3.23. The fourth-order valence-electron chi connectivity index (χ4n) is 2.33. The van der Waals surface area contributed by atoms with E-state index in [1.54, 1.807) is 37.3 Å². The smallest absolute Gasteiger partial charge is 0.286 e. The van der Waals surface area contributed by atoms with E-state index < -0.39 is 11.8 Å². The molecule has 0 radical (unpaired) electrons. The number of carbonyl (C=O) groups excluding carboxylic acids is 2. The van der Waals surface area contributed by atoms with Gasteiger partial charge in [0.05, 0.1) is 11.6 Å². The molecule has 25 heavy (non-hydrogen) atoms. The van der Waals surface area contributed by atoms with Gasteiger partial charge in [0.15, 0.2) is 5.69 Å². The van der Waals surface area contributed by atoms with Crippen LogP contribution in [0.4, 0.5) is 5.69 Å². The van der Waals surface area contributed by atoms with E-state index in [0.29, 0.717) is 17.6 Å². The van der Waals surface area contributed by atoms with Crippen LogP contribution in [0, 0.1) is 0 Å². The Bertz CT molecular complexity index is 968. The van der Waals surface area contributed by atoms with Crippen molar-refractivity contribution in [2.75, 3.05) is 11.9 Å². The third-order valence-electron chi connectivity index (χ3n) is 3.39. The number of primary amides is 1. The van der Waals surface area contributed by atoms with Gasteiger partial charge >= 0.3 is 0 Å². The molecule has 0 bridgehead atoms. The maximum absolute atomic E-state index is 12.6. The van der Waals surface area contributed by atoms with Crippen LogP contribution in [-0.2, 0) is 0 Å². The number of amides is 2. The number of benzene rings is 1. The Balaban J connectivity index is 2.01. The Morgan fingerprint density at radius 3 is 2.76 bits per heavy atom. The fraction of sp³-hybridized carbons (Fsp3) is 0.118. The molecule has 0 fully saturated rings. The third kappa shape index (κ3) is 3.27. The second kappa shape index (κ2) is 6.82. The Labute approximate surface area is 147 Å². The summed E-state index contributed by atoms with van der Waals surface area (Å²) in [6.45, 7) is 2.20. The van der Waals surface area contributed by atoms with Crippen molar-refractivity contribution >= 4 is 40.1 Å². The van der Waals surface area contributed by atoms with Gasteiger partial charge in [-0.2, -0.15) is 0 Å². The zero-order chi connectivity index (χ0) is 18.0. The van der Waals surface area contributed by atoms with Crippen molar-refractivity contribution < 1.29 is 18.7 Å². The number of halogens is 1. The number of para-hydroxylation sites is 1. The largest absolute Gasteiger partial charge is 0.478 e. The summed E-state index contributed by atoms with van der Waals surface area (Å²) in [6, 6.07) is 9.93. The van der Waals surface area contributed by atoms with Crippen LogP contribution in [0.5, 0.6) is 5.88 Å². The highest BCUT2D eigenvalue weighted by atomic mass is 35.5. The SMILES string of the molecule is CCOc1ccc(Cl)c(C(=O)Nc2c(C(N)=O)oc3ccccc23)n1. The summed E-state index contributed by atoms with van der Waals surface area (Å²) in [5, 5.41) is 3.30. The Morgan fingerprint density at radius 1 is 1.28 bits per heavy atom. The van der Waals surface area contributed by atoms with Crippen molar-refractivity contribution in [3.05, 3.63) is 52.9 Å². The first kappa shape index (κ1) is 16.8. The molecule has 0 aliphatic carbocycles. The predicted molar refractivity (Wildman–Crippen MR) is 93.1 cm³/mol. The molecule has 0 saturated carbocycles. The lowest BCUT2D eigenvalue weighted by atomic mass is 10.2. The third-order valence-corrected chi connectivity index (χ3v) is 3.69. The summed E-state index contributed by atoms with van der Waals surface area (Å²) in [5.74, 6) is -1.29. The molecule has 128 valence electrons. The minimum atomic E-state index is -0.798. The van der Waals surface area contributed by atoms with Crippen LogP contribution in [0.15, 0.2) is 40.8 Å². The Hall–Kier alpha value is -3.06. The van der Waals surface area contributed by atoms with Crippen molar-refractivity contribution in [3.8, 4) is 5.88 Å². The van der Waals surface area contributed by atoms with Gasteiger partial charge in [0.2, 0.25) is 11.6 Å². The van der Waals surface area contributed by atoms with Crippen LogP contribution in [0.1, 0.15) is 28.0 Å². The number of carbonyl (C=O) groups is 2. The second-order valence-corrected chi connectivity index (χ2v) is 5.44. The number of hydrogen-bond donors (Lipinski definition) is 2. The van der Waals surface area contributed by atoms with Crippen LogP contribution in [0.25, 0.3) is 11.0 Å². The molecule has 0 saturated heterocycles. The number of nitrogens with one attached hydrogen (secondary N) is 1.